The van der Waals surface area contributed by atoms with E-state index in [0.29, 0.717) is 20.3 Å². The maximum absolute atomic E-state index is 13.7. The summed E-state index contributed by atoms with van der Waals surface area (Å²) in [7, 11) is 0. The Morgan fingerprint density at radius 3 is 2.23 bits per heavy atom. The normalized spacial score (nSPS) is 29.2. The molecule has 4 aliphatic rings. The largest absolute Gasteiger partial charge is 0.471 e. The van der Waals surface area contributed by atoms with E-state index >= 15 is 0 Å². The summed E-state index contributed by atoms with van der Waals surface area (Å²) in [5.41, 5.74) is -3.62. The number of likely N-dealkylation sites (tertiary alicyclic amines) is 1. The molecule has 2 aliphatic heterocycles. The van der Waals surface area contributed by atoms with Gasteiger partial charge in [-0.1, -0.05) is 13.8 Å². The molecule has 0 unspecified atom stereocenters. The zero-order valence-electron chi connectivity index (χ0n) is 24.3. The highest BCUT2D eigenvalue weighted by molar-refractivity contribution is 5.95. The van der Waals surface area contributed by atoms with Gasteiger partial charge in [-0.3, -0.25) is 19.2 Å². The monoisotopic (exact) mass is 623 g/mol. The van der Waals surface area contributed by atoms with Crippen LogP contribution in [0.15, 0.2) is 0 Å². The molecule has 0 aromatic heterocycles. The van der Waals surface area contributed by atoms with Crippen molar-refractivity contribution in [2.45, 2.75) is 108 Å². The third-order valence-corrected chi connectivity index (χ3v) is 9.45. The molecule has 4 fully saturated rings. The number of nitriles is 1. The highest BCUT2D eigenvalue weighted by Crippen LogP contribution is 2.65. The summed E-state index contributed by atoms with van der Waals surface area (Å²) in [6, 6.07) is -2.69. The molecule has 4 rings (SSSR count). The minimum Gasteiger partial charge on any atom is -0.360 e. The van der Waals surface area contributed by atoms with Gasteiger partial charge in [-0.25, -0.2) is 0 Å². The molecular formula is C27H35F6N5O5. The maximum Gasteiger partial charge on any atom is 0.471 e. The zero-order chi connectivity index (χ0) is 32.5. The smallest absolute Gasteiger partial charge is 0.360 e. The first kappa shape index (κ1) is 32.8. The Bertz CT molecular complexity index is 1220. The molecule has 4 amide bonds. The summed E-state index contributed by atoms with van der Waals surface area (Å²) >= 11 is 0. The standard InChI is InChI=1S/C27H35F6N5O5/c1-12(43-24(4,5)27(31,32)33)17(36-22(42)26(28,29)30)21(41)38-11-15-16(23(15,2)3)18(38)20(40)35-14(10-34)8-13-9-25(6-7-25)37-19(13)39/h12-18H,6-9,11H2,1-5H3,(H,35,40)(H,36,42)(H,37,39)/t12-,13-,14+,15+,16+,17+,18+/m1/s1. The molecule has 7 atom stereocenters. The average molecular weight is 624 g/mol. The Labute approximate surface area is 244 Å². The van der Waals surface area contributed by atoms with Crippen molar-refractivity contribution in [1.82, 2.24) is 20.9 Å². The molecule has 43 heavy (non-hydrogen) atoms. The number of halogens is 6. The van der Waals surface area contributed by atoms with Crippen molar-refractivity contribution in [3.8, 4) is 6.07 Å². The zero-order valence-corrected chi connectivity index (χ0v) is 24.3. The lowest BCUT2D eigenvalue weighted by Gasteiger charge is -2.38. The third-order valence-electron chi connectivity index (χ3n) is 9.45. The van der Waals surface area contributed by atoms with Gasteiger partial charge in [0.15, 0.2) is 5.60 Å². The van der Waals surface area contributed by atoms with E-state index in [-0.39, 0.29) is 30.3 Å². The number of rotatable bonds is 9. The van der Waals surface area contributed by atoms with Gasteiger partial charge in [0.1, 0.15) is 18.1 Å². The lowest BCUT2D eigenvalue weighted by molar-refractivity contribution is -0.277. The molecule has 2 saturated heterocycles. The molecule has 2 heterocycles. The van der Waals surface area contributed by atoms with Crippen LogP contribution in [0.4, 0.5) is 26.3 Å². The number of ether oxygens (including phenoxy) is 1. The Morgan fingerprint density at radius 2 is 1.74 bits per heavy atom. The predicted octanol–water partition coefficient (Wildman–Crippen LogP) is 2.33. The first-order valence-corrected chi connectivity index (χ1v) is 14.0. The van der Waals surface area contributed by atoms with E-state index < -0.39 is 77.2 Å². The second-order valence-electron chi connectivity index (χ2n) is 13.3. The van der Waals surface area contributed by atoms with E-state index in [1.165, 1.54) is 5.32 Å². The quantitative estimate of drug-likeness (QED) is 0.337. The SMILES string of the molecule is C[C@@H](OC(C)(C)C(F)(F)F)[C@H](NC(=O)C(F)(F)F)C(=O)N1C[C@H]2[C@@H]([C@H]1C(=O)N[C@H](C#N)C[C@@H]1CC3(CC3)NC1=O)C2(C)C. The van der Waals surface area contributed by atoms with Crippen LogP contribution in [0.3, 0.4) is 0 Å². The highest BCUT2D eigenvalue weighted by atomic mass is 19.4. The second-order valence-corrected chi connectivity index (χ2v) is 13.3. The molecule has 0 aromatic carbocycles. The molecule has 2 saturated carbocycles. The minimum atomic E-state index is -5.46. The molecule has 0 aromatic rings. The fraction of sp³-hybridized carbons (Fsp3) is 0.815. The van der Waals surface area contributed by atoms with Crippen molar-refractivity contribution in [3.63, 3.8) is 0 Å². The van der Waals surface area contributed by atoms with Crippen LogP contribution in [0.5, 0.6) is 0 Å². The number of fused-ring (bicyclic) bond motifs is 1. The maximum atomic E-state index is 13.7. The first-order chi connectivity index (χ1) is 19.5. The van der Waals surface area contributed by atoms with E-state index in [1.807, 2.05) is 19.9 Å². The van der Waals surface area contributed by atoms with E-state index in [4.69, 9.17) is 4.74 Å². The molecule has 1 spiro atoms. The lowest BCUT2D eigenvalue weighted by Crippen LogP contribution is -2.62. The van der Waals surface area contributed by atoms with Gasteiger partial charge in [0.25, 0.3) is 0 Å². The van der Waals surface area contributed by atoms with Crippen LogP contribution in [-0.4, -0.2) is 82.8 Å². The number of alkyl halides is 6. The molecule has 240 valence electrons. The van der Waals surface area contributed by atoms with Crippen molar-refractivity contribution < 1.29 is 50.3 Å². The van der Waals surface area contributed by atoms with Gasteiger partial charge in [-0.2, -0.15) is 31.6 Å². The van der Waals surface area contributed by atoms with Crippen LogP contribution in [0.2, 0.25) is 0 Å². The second kappa shape index (κ2) is 10.5. The van der Waals surface area contributed by atoms with E-state index in [2.05, 4.69) is 10.6 Å². The molecule has 0 radical (unpaired) electrons. The Balaban J connectivity index is 1.55. The average Bonchev–Trinajstić information content (AvgIpc) is 3.58. The topological polar surface area (TPSA) is 141 Å². The fourth-order valence-corrected chi connectivity index (χ4v) is 6.53. The van der Waals surface area contributed by atoms with Crippen molar-refractivity contribution >= 4 is 23.6 Å². The summed E-state index contributed by atoms with van der Waals surface area (Å²) in [6.45, 7) is 5.70. The van der Waals surface area contributed by atoms with Crippen molar-refractivity contribution in [2.75, 3.05) is 6.54 Å². The van der Waals surface area contributed by atoms with Crippen molar-refractivity contribution in [2.24, 2.45) is 23.2 Å². The van der Waals surface area contributed by atoms with Crippen LogP contribution >= 0.6 is 0 Å². The number of carbonyl (C=O) groups is 4. The summed E-state index contributed by atoms with van der Waals surface area (Å²) in [4.78, 5) is 52.5. The lowest BCUT2D eigenvalue weighted by atomic mass is 9.95. The van der Waals surface area contributed by atoms with E-state index in [0.717, 1.165) is 24.7 Å². The molecular weight excluding hydrogens is 588 g/mol. The number of hydrogen-bond acceptors (Lipinski definition) is 6. The first-order valence-electron chi connectivity index (χ1n) is 14.0. The van der Waals surface area contributed by atoms with E-state index in [9.17, 15) is 50.8 Å². The van der Waals surface area contributed by atoms with Crippen LogP contribution in [0.25, 0.3) is 0 Å². The number of amides is 4. The van der Waals surface area contributed by atoms with Crippen LogP contribution in [-0.2, 0) is 23.9 Å². The summed E-state index contributed by atoms with van der Waals surface area (Å²) in [5.74, 6) is -6.08. The van der Waals surface area contributed by atoms with E-state index in [1.54, 1.807) is 0 Å². The Morgan fingerprint density at radius 1 is 1.14 bits per heavy atom. The van der Waals surface area contributed by atoms with Crippen LogP contribution in [0, 0.1) is 34.5 Å². The minimum absolute atomic E-state index is 0.00957. The van der Waals surface area contributed by atoms with Crippen LogP contribution < -0.4 is 16.0 Å². The van der Waals surface area contributed by atoms with Crippen LogP contribution in [0.1, 0.15) is 60.3 Å². The molecule has 3 N–H and O–H groups in total. The number of nitrogens with one attached hydrogen (secondary N) is 3. The number of piperidine rings is 1. The van der Waals surface area contributed by atoms with Gasteiger partial charge in [0.05, 0.1) is 12.2 Å². The summed E-state index contributed by atoms with van der Waals surface area (Å²) in [5, 5.41) is 16.7. The van der Waals surface area contributed by atoms with Crippen molar-refractivity contribution in [1.29, 1.82) is 5.26 Å². The summed E-state index contributed by atoms with van der Waals surface area (Å²) < 4.78 is 85.0. The molecule has 16 heteroatoms. The summed E-state index contributed by atoms with van der Waals surface area (Å²) in [6.07, 6.45) is -10.2. The highest BCUT2D eigenvalue weighted by Gasteiger charge is 2.70. The van der Waals surface area contributed by atoms with Gasteiger partial charge < -0.3 is 25.6 Å². The third kappa shape index (κ3) is 6.28. The van der Waals surface area contributed by atoms with Gasteiger partial charge in [-0.05, 0) is 63.7 Å². The van der Waals surface area contributed by atoms with Gasteiger partial charge >= 0.3 is 18.3 Å². The molecule has 0 bridgehead atoms. The Hall–Kier alpha value is -3.09. The molecule has 10 nitrogen and oxygen atoms in total. The number of hydrogen-bond donors (Lipinski definition) is 3. The molecule has 2 aliphatic carbocycles. The van der Waals surface area contributed by atoms with Gasteiger partial charge in [0, 0.05) is 18.0 Å². The number of carbonyl (C=O) groups excluding carboxylic acids is 4. The van der Waals surface area contributed by atoms with Gasteiger partial charge in [-0.15, -0.1) is 0 Å². The predicted molar refractivity (Wildman–Crippen MR) is 135 cm³/mol. The van der Waals surface area contributed by atoms with Gasteiger partial charge in [0.2, 0.25) is 17.7 Å². The Kier molecular flexibility index (Phi) is 8.03. The fourth-order valence-electron chi connectivity index (χ4n) is 6.53. The number of nitrogens with zero attached hydrogens (tertiary/aromatic N) is 2. The van der Waals surface area contributed by atoms with Crippen molar-refractivity contribution in [3.05, 3.63) is 0 Å².